The van der Waals surface area contributed by atoms with Crippen LogP contribution in [0.25, 0.3) is 11.1 Å². The Morgan fingerprint density at radius 1 is 0.558 bits per heavy atom. The van der Waals surface area contributed by atoms with E-state index in [0.717, 1.165) is 23.3 Å². The van der Waals surface area contributed by atoms with Crippen molar-refractivity contribution in [2.45, 2.75) is 30.3 Å². The summed E-state index contributed by atoms with van der Waals surface area (Å²) < 4.78 is 134. The molecule has 0 saturated heterocycles. The van der Waals surface area contributed by atoms with E-state index in [1.807, 2.05) is 24.3 Å². The number of hydrogen-bond donors (Lipinski definition) is 0. The molecule has 5 rings (SSSR count). The largest absolute Gasteiger partial charge is 0.534 e. The van der Waals surface area contributed by atoms with Crippen LogP contribution in [-0.4, -0.2) is 27.9 Å². The minimum Gasteiger partial charge on any atom is -0.376 e. The molecule has 4 aromatic rings. The van der Waals surface area contributed by atoms with E-state index < -0.39 is 48.2 Å². The first-order valence-electron chi connectivity index (χ1n) is 12.3. The van der Waals surface area contributed by atoms with Gasteiger partial charge in [0, 0.05) is 0 Å². The summed E-state index contributed by atoms with van der Waals surface area (Å²) in [5.74, 6) is -1.10. The van der Waals surface area contributed by atoms with Crippen molar-refractivity contribution in [3.8, 4) is 22.6 Å². The average Bonchev–Trinajstić information content (AvgIpc) is 3.21. The maximum Gasteiger partial charge on any atom is 0.534 e. The van der Waals surface area contributed by atoms with E-state index in [1.54, 1.807) is 24.3 Å². The van der Waals surface area contributed by atoms with Gasteiger partial charge in [-0.05, 0) is 70.5 Å². The van der Waals surface area contributed by atoms with Gasteiger partial charge in [0.2, 0.25) is 0 Å². The molecule has 6 nitrogen and oxygen atoms in total. The third-order valence-electron chi connectivity index (χ3n) is 7.13. The lowest BCUT2D eigenvalue weighted by Crippen LogP contribution is -2.30. The number of alkyl halides is 6. The van der Waals surface area contributed by atoms with Crippen molar-refractivity contribution in [3.05, 3.63) is 118 Å². The molecule has 1 aliphatic carbocycles. The lowest BCUT2D eigenvalue weighted by Gasteiger charge is -2.34. The van der Waals surface area contributed by atoms with Crippen LogP contribution in [0.1, 0.15) is 33.4 Å². The number of hydrogen-bond acceptors (Lipinski definition) is 6. The van der Waals surface area contributed by atoms with Crippen molar-refractivity contribution in [1.29, 1.82) is 0 Å². The monoisotopic (exact) mass is 642 g/mol. The average molecular weight is 643 g/mol. The number of aryl methyl sites for hydroxylation is 2. The van der Waals surface area contributed by atoms with Crippen LogP contribution in [0, 0.1) is 13.8 Å². The van der Waals surface area contributed by atoms with E-state index in [1.165, 1.54) is 38.1 Å². The van der Waals surface area contributed by atoms with Crippen LogP contribution >= 0.6 is 0 Å². The zero-order chi connectivity index (χ0) is 31.6. The number of benzene rings is 4. The van der Waals surface area contributed by atoms with Gasteiger partial charge in [0.25, 0.3) is 0 Å². The lowest BCUT2D eigenvalue weighted by molar-refractivity contribution is -0.0505. The highest BCUT2D eigenvalue weighted by molar-refractivity contribution is 7.88. The van der Waals surface area contributed by atoms with Crippen LogP contribution in [0.2, 0.25) is 0 Å². The van der Waals surface area contributed by atoms with Crippen LogP contribution in [-0.2, 0) is 25.7 Å². The molecule has 0 unspecified atom stereocenters. The second-order valence-electron chi connectivity index (χ2n) is 9.77. The second kappa shape index (κ2) is 10.0. The van der Waals surface area contributed by atoms with Gasteiger partial charge in [0.1, 0.15) is 11.5 Å². The van der Waals surface area contributed by atoms with Gasteiger partial charge in [-0.2, -0.15) is 43.2 Å². The molecule has 0 N–H and O–H groups in total. The standard InChI is InChI=1S/C29H20F6O6S2/c1-17-15-19(11-13-25(17)40-42(36,37)28(30,31)32)27(23-9-5-3-7-21(23)22-8-4-6-10-24(22)27)20-12-14-26(18(2)16-20)41-43(38,39)29(33,34)35/h3-16H,1-2H3. The Morgan fingerprint density at radius 2 is 0.907 bits per heavy atom. The third-order valence-corrected chi connectivity index (χ3v) is 9.07. The van der Waals surface area contributed by atoms with Gasteiger partial charge in [-0.1, -0.05) is 72.8 Å². The topological polar surface area (TPSA) is 86.7 Å². The highest BCUT2D eigenvalue weighted by atomic mass is 32.2. The third kappa shape index (κ3) is 4.91. The first-order valence-corrected chi connectivity index (χ1v) is 15.1. The Kier molecular flexibility index (Phi) is 7.08. The summed E-state index contributed by atoms with van der Waals surface area (Å²) in [6.07, 6.45) is 0. The van der Waals surface area contributed by atoms with E-state index in [2.05, 4.69) is 8.37 Å². The van der Waals surface area contributed by atoms with Gasteiger partial charge in [0.15, 0.2) is 0 Å². The molecule has 4 aromatic carbocycles. The quantitative estimate of drug-likeness (QED) is 0.111. The van der Waals surface area contributed by atoms with Crippen LogP contribution in [0.5, 0.6) is 11.5 Å². The van der Waals surface area contributed by atoms with Gasteiger partial charge in [0.05, 0.1) is 5.41 Å². The summed E-state index contributed by atoms with van der Waals surface area (Å²) in [5, 5.41) is 0. The Labute approximate surface area is 242 Å². The van der Waals surface area contributed by atoms with Crippen molar-refractivity contribution < 1.29 is 51.5 Å². The molecular formula is C29H20F6O6S2. The van der Waals surface area contributed by atoms with Crippen molar-refractivity contribution >= 4 is 20.2 Å². The fraction of sp³-hybridized carbons (Fsp3) is 0.172. The molecule has 43 heavy (non-hydrogen) atoms. The highest BCUT2D eigenvalue weighted by Gasteiger charge is 2.50. The first-order chi connectivity index (χ1) is 19.9. The maximum absolute atomic E-state index is 13.0. The zero-order valence-electron chi connectivity index (χ0n) is 22.1. The molecule has 0 spiro atoms. The van der Waals surface area contributed by atoms with Crippen molar-refractivity contribution in [1.82, 2.24) is 0 Å². The molecule has 0 fully saturated rings. The predicted octanol–water partition coefficient (Wildman–Crippen LogP) is 7.12. The fourth-order valence-corrected chi connectivity index (χ4v) is 6.34. The molecule has 226 valence electrons. The van der Waals surface area contributed by atoms with Gasteiger partial charge in [-0.3, -0.25) is 0 Å². The Hall–Kier alpha value is -4.04. The van der Waals surface area contributed by atoms with Crippen LogP contribution < -0.4 is 8.37 Å². The summed E-state index contributed by atoms with van der Waals surface area (Å²) in [5.41, 5.74) is -8.45. The van der Waals surface area contributed by atoms with E-state index in [4.69, 9.17) is 0 Å². The molecule has 0 radical (unpaired) electrons. The molecular weight excluding hydrogens is 622 g/mol. The molecule has 0 aromatic heterocycles. The number of halogens is 6. The van der Waals surface area contributed by atoms with Crippen molar-refractivity contribution in [3.63, 3.8) is 0 Å². The van der Waals surface area contributed by atoms with Gasteiger partial charge >= 0.3 is 31.3 Å². The molecule has 0 saturated carbocycles. The molecule has 1 aliphatic rings. The lowest BCUT2D eigenvalue weighted by atomic mass is 9.67. The summed E-state index contributed by atoms with van der Waals surface area (Å²) in [4.78, 5) is 0. The normalized spacial score (nSPS) is 14.6. The zero-order valence-corrected chi connectivity index (χ0v) is 23.7. The van der Waals surface area contributed by atoms with Crippen LogP contribution in [0.4, 0.5) is 26.3 Å². The summed E-state index contributed by atoms with van der Waals surface area (Å²) in [7, 11) is -11.9. The van der Waals surface area contributed by atoms with Gasteiger partial charge in [-0.25, -0.2) is 0 Å². The summed E-state index contributed by atoms with van der Waals surface area (Å²) >= 11 is 0. The molecule has 0 bridgehead atoms. The van der Waals surface area contributed by atoms with Crippen LogP contribution in [0.3, 0.4) is 0 Å². The van der Waals surface area contributed by atoms with Crippen LogP contribution in [0.15, 0.2) is 84.9 Å². The number of fused-ring (bicyclic) bond motifs is 3. The SMILES string of the molecule is Cc1cc(C2(c3ccc(OS(=O)(=O)C(F)(F)F)c(C)c3)c3ccccc3-c3ccccc32)ccc1OS(=O)(=O)C(F)(F)F. The van der Waals surface area contributed by atoms with Crippen molar-refractivity contribution in [2.24, 2.45) is 0 Å². The van der Waals surface area contributed by atoms with E-state index >= 15 is 0 Å². The van der Waals surface area contributed by atoms with Crippen molar-refractivity contribution in [2.75, 3.05) is 0 Å². The molecule has 0 heterocycles. The maximum atomic E-state index is 13.0. The Morgan fingerprint density at radius 3 is 1.23 bits per heavy atom. The van der Waals surface area contributed by atoms with E-state index in [0.29, 0.717) is 22.3 Å². The minimum absolute atomic E-state index is 0.0551. The molecule has 14 heteroatoms. The van der Waals surface area contributed by atoms with E-state index in [-0.39, 0.29) is 11.1 Å². The highest BCUT2D eigenvalue weighted by Crippen LogP contribution is 2.56. The van der Waals surface area contributed by atoms with E-state index in [9.17, 15) is 43.2 Å². The summed E-state index contributed by atoms with van der Waals surface area (Å²) in [6.45, 7) is 2.74. The number of rotatable bonds is 6. The Bertz CT molecular complexity index is 1820. The van der Waals surface area contributed by atoms with Gasteiger partial charge < -0.3 is 8.37 Å². The minimum atomic E-state index is -5.95. The molecule has 0 amide bonds. The first kappa shape index (κ1) is 30.4. The molecule has 0 atom stereocenters. The predicted molar refractivity (Wildman–Crippen MR) is 144 cm³/mol. The fourth-order valence-electron chi connectivity index (χ4n) is 5.31. The second-order valence-corrected chi connectivity index (χ2v) is 12.8. The molecule has 0 aliphatic heterocycles. The smallest absolute Gasteiger partial charge is 0.376 e. The van der Waals surface area contributed by atoms with Gasteiger partial charge in [-0.15, -0.1) is 0 Å². The Balaban J connectivity index is 1.75. The summed E-state index contributed by atoms with van der Waals surface area (Å²) in [6, 6.07) is 22.4.